The summed E-state index contributed by atoms with van der Waals surface area (Å²) in [6.07, 6.45) is 9.52. The molecular formula is C27H31F2N3O4. The molecule has 36 heavy (non-hydrogen) atoms. The van der Waals surface area contributed by atoms with Gasteiger partial charge in [-0.05, 0) is 62.9 Å². The van der Waals surface area contributed by atoms with Crippen molar-refractivity contribution in [1.82, 2.24) is 14.3 Å². The molecule has 1 saturated heterocycles. The molecule has 1 aromatic carbocycles. The molecule has 5 rings (SSSR count). The minimum Gasteiger partial charge on any atom is -0.496 e. The molecular weight excluding hydrogens is 468 g/mol. The molecule has 1 aliphatic heterocycles. The third-order valence-electron chi connectivity index (χ3n) is 6.86. The highest BCUT2D eigenvalue weighted by Gasteiger charge is 2.29. The Kier molecular flexibility index (Phi) is 7.36. The molecule has 2 aromatic heterocycles. The molecule has 3 heterocycles. The van der Waals surface area contributed by atoms with Crippen LogP contribution in [0.1, 0.15) is 48.9 Å². The SMILES string of the molecule is COc1cc(-c2cnc3cc(OCCN4CCCCC4)ccn23)cc(OC(F)F)c1C(=O)CC1CC1. The highest BCUT2D eigenvalue weighted by atomic mass is 19.3. The molecule has 9 heteroatoms. The Hall–Kier alpha value is -3.20. The standard InChI is InChI=1S/C27H31F2N3O4/c1-34-23-14-19(15-24(36-27(28)29)26(23)22(33)13-18-5-6-18)21-17-30-25-16-20(7-10-32(21)25)35-12-11-31-8-3-2-4-9-31/h7,10,14-18,27H,2-6,8-9,11-13H2,1H3. The summed E-state index contributed by atoms with van der Waals surface area (Å²) in [4.78, 5) is 19.8. The fourth-order valence-electron chi connectivity index (χ4n) is 4.79. The van der Waals surface area contributed by atoms with E-state index in [4.69, 9.17) is 14.2 Å². The van der Waals surface area contributed by atoms with Crippen LogP contribution in [0.5, 0.6) is 17.2 Å². The second-order valence-corrected chi connectivity index (χ2v) is 9.49. The van der Waals surface area contributed by atoms with Crippen LogP contribution < -0.4 is 14.2 Å². The second kappa shape index (κ2) is 10.8. The molecule has 1 saturated carbocycles. The van der Waals surface area contributed by atoms with Crippen molar-refractivity contribution in [3.63, 3.8) is 0 Å². The third kappa shape index (κ3) is 5.61. The Bertz CT molecular complexity index is 1220. The van der Waals surface area contributed by atoms with Gasteiger partial charge in [0.2, 0.25) is 0 Å². The molecule has 7 nitrogen and oxygen atoms in total. The van der Waals surface area contributed by atoms with Crippen LogP contribution in [0.3, 0.4) is 0 Å². The van der Waals surface area contributed by atoms with E-state index in [1.807, 2.05) is 22.7 Å². The summed E-state index contributed by atoms with van der Waals surface area (Å²) >= 11 is 0. The van der Waals surface area contributed by atoms with E-state index in [0.717, 1.165) is 38.2 Å². The molecule has 1 aliphatic carbocycles. The first-order valence-corrected chi connectivity index (χ1v) is 12.5. The smallest absolute Gasteiger partial charge is 0.387 e. The maximum atomic E-state index is 13.3. The number of piperidine rings is 1. The van der Waals surface area contributed by atoms with Crippen molar-refractivity contribution in [2.75, 3.05) is 33.4 Å². The number of methoxy groups -OCH3 is 1. The number of carbonyl (C=O) groups excluding carboxylic acids is 1. The number of pyridine rings is 1. The van der Waals surface area contributed by atoms with Crippen molar-refractivity contribution in [2.45, 2.75) is 45.1 Å². The number of halogens is 2. The number of likely N-dealkylation sites (tertiary alicyclic amines) is 1. The summed E-state index contributed by atoms with van der Waals surface area (Å²) in [6.45, 7) is 0.675. The molecule has 0 radical (unpaired) electrons. The predicted molar refractivity (Wildman–Crippen MR) is 131 cm³/mol. The fourth-order valence-corrected chi connectivity index (χ4v) is 4.79. The van der Waals surface area contributed by atoms with E-state index in [1.54, 1.807) is 12.3 Å². The number of aromatic nitrogens is 2. The van der Waals surface area contributed by atoms with Gasteiger partial charge in [-0.1, -0.05) is 6.42 Å². The van der Waals surface area contributed by atoms with Crippen molar-refractivity contribution in [1.29, 1.82) is 0 Å². The molecule has 192 valence electrons. The van der Waals surface area contributed by atoms with E-state index in [9.17, 15) is 13.6 Å². The molecule has 0 atom stereocenters. The lowest BCUT2D eigenvalue weighted by atomic mass is 10.00. The molecule has 0 spiro atoms. The first-order valence-electron chi connectivity index (χ1n) is 12.5. The van der Waals surface area contributed by atoms with E-state index in [-0.39, 0.29) is 22.8 Å². The topological polar surface area (TPSA) is 65.3 Å². The zero-order valence-corrected chi connectivity index (χ0v) is 20.4. The van der Waals surface area contributed by atoms with Gasteiger partial charge >= 0.3 is 6.61 Å². The largest absolute Gasteiger partial charge is 0.496 e. The maximum absolute atomic E-state index is 13.3. The summed E-state index contributed by atoms with van der Waals surface area (Å²) in [5, 5.41) is 0. The summed E-state index contributed by atoms with van der Waals surface area (Å²) in [5.41, 5.74) is 1.93. The lowest BCUT2D eigenvalue weighted by Crippen LogP contribution is -2.33. The van der Waals surface area contributed by atoms with Crippen LogP contribution in [0.25, 0.3) is 16.9 Å². The zero-order chi connectivity index (χ0) is 25.1. The number of imidazole rings is 1. The first-order chi connectivity index (χ1) is 17.5. The van der Waals surface area contributed by atoms with Crippen molar-refractivity contribution in [2.24, 2.45) is 5.92 Å². The number of benzene rings is 1. The van der Waals surface area contributed by atoms with Gasteiger partial charge in [-0.15, -0.1) is 0 Å². The monoisotopic (exact) mass is 499 g/mol. The van der Waals surface area contributed by atoms with Crippen LogP contribution in [0, 0.1) is 5.92 Å². The van der Waals surface area contributed by atoms with Crippen LogP contribution in [0.4, 0.5) is 8.78 Å². The number of fused-ring (bicyclic) bond motifs is 1. The lowest BCUT2D eigenvalue weighted by Gasteiger charge is -2.26. The molecule has 0 unspecified atom stereocenters. The Morgan fingerprint density at radius 2 is 1.92 bits per heavy atom. The summed E-state index contributed by atoms with van der Waals surface area (Å²) in [6, 6.07) is 6.84. The minimum atomic E-state index is -3.07. The van der Waals surface area contributed by atoms with Gasteiger partial charge in [0.05, 0.1) is 19.0 Å². The van der Waals surface area contributed by atoms with E-state index in [2.05, 4.69) is 9.88 Å². The van der Waals surface area contributed by atoms with Gasteiger partial charge < -0.3 is 14.2 Å². The number of hydrogen-bond donors (Lipinski definition) is 0. The lowest BCUT2D eigenvalue weighted by molar-refractivity contribution is -0.0502. The average molecular weight is 500 g/mol. The normalized spacial score (nSPS) is 16.4. The van der Waals surface area contributed by atoms with Crippen LogP contribution in [0.15, 0.2) is 36.7 Å². The average Bonchev–Trinajstić information content (AvgIpc) is 3.58. The summed E-state index contributed by atoms with van der Waals surface area (Å²) in [5.74, 6) is 0.799. The highest BCUT2D eigenvalue weighted by Crippen LogP contribution is 2.40. The Labute approximate surface area is 209 Å². The van der Waals surface area contributed by atoms with Gasteiger partial charge in [0.1, 0.15) is 35.1 Å². The molecule has 0 amide bonds. The molecule has 0 bridgehead atoms. The van der Waals surface area contributed by atoms with Gasteiger partial charge in [-0.25, -0.2) is 4.98 Å². The predicted octanol–water partition coefficient (Wildman–Crippen LogP) is 5.46. The van der Waals surface area contributed by atoms with Crippen LogP contribution >= 0.6 is 0 Å². The Morgan fingerprint density at radius 3 is 2.64 bits per heavy atom. The highest BCUT2D eigenvalue weighted by molar-refractivity contribution is 6.02. The van der Waals surface area contributed by atoms with Crippen molar-refractivity contribution in [3.05, 3.63) is 42.2 Å². The van der Waals surface area contributed by atoms with Crippen LogP contribution in [-0.2, 0) is 0 Å². The number of carbonyl (C=O) groups is 1. The Morgan fingerprint density at radius 1 is 1.14 bits per heavy atom. The second-order valence-electron chi connectivity index (χ2n) is 9.49. The van der Waals surface area contributed by atoms with Crippen molar-refractivity contribution in [3.8, 4) is 28.5 Å². The van der Waals surface area contributed by atoms with E-state index >= 15 is 0 Å². The minimum absolute atomic E-state index is 0.0617. The van der Waals surface area contributed by atoms with Crippen molar-refractivity contribution < 1.29 is 27.8 Å². The van der Waals surface area contributed by atoms with Gasteiger partial charge in [0, 0.05) is 30.8 Å². The quantitative estimate of drug-likeness (QED) is 0.327. The number of hydrogen-bond acceptors (Lipinski definition) is 6. The summed E-state index contributed by atoms with van der Waals surface area (Å²) < 4.78 is 44.5. The van der Waals surface area contributed by atoms with Gasteiger partial charge in [-0.2, -0.15) is 8.78 Å². The van der Waals surface area contributed by atoms with Crippen LogP contribution in [0.2, 0.25) is 0 Å². The van der Waals surface area contributed by atoms with Gasteiger partial charge in [0.15, 0.2) is 5.78 Å². The fraction of sp³-hybridized carbons (Fsp3) is 0.481. The van der Waals surface area contributed by atoms with E-state index < -0.39 is 6.61 Å². The number of nitrogens with zero attached hydrogens (tertiary/aromatic N) is 3. The number of Topliss-reactive ketones (excluding diaryl/α,β-unsaturated/α-hetero) is 1. The molecule has 0 N–H and O–H groups in total. The zero-order valence-electron chi connectivity index (χ0n) is 20.4. The number of rotatable bonds is 11. The van der Waals surface area contributed by atoms with E-state index in [0.29, 0.717) is 35.9 Å². The third-order valence-corrected chi connectivity index (χ3v) is 6.86. The molecule has 2 aliphatic rings. The van der Waals surface area contributed by atoms with Crippen LogP contribution in [-0.4, -0.2) is 60.0 Å². The Balaban J connectivity index is 1.39. The van der Waals surface area contributed by atoms with Gasteiger partial charge in [0.25, 0.3) is 0 Å². The van der Waals surface area contributed by atoms with Gasteiger partial charge in [-0.3, -0.25) is 14.1 Å². The number of alkyl halides is 2. The first kappa shape index (κ1) is 24.5. The molecule has 2 fully saturated rings. The number of ether oxygens (including phenoxy) is 3. The number of ketones is 1. The molecule has 3 aromatic rings. The van der Waals surface area contributed by atoms with Crippen molar-refractivity contribution >= 4 is 11.4 Å². The maximum Gasteiger partial charge on any atom is 0.387 e. The summed E-state index contributed by atoms with van der Waals surface area (Å²) in [7, 11) is 1.42. The van der Waals surface area contributed by atoms with E-state index in [1.165, 1.54) is 32.4 Å².